The SMILES string of the molecule is CNC1=C(/C(=N\Cc2ccccc2)c2cccc3ccccc23)C2(/C3=C/C(c4ccc(-n5c6ccccc6c6ccccc65)cc4)=C\CCCC13)c1ccccc1-c1ccccc12. The lowest BCUT2D eigenvalue weighted by atomic mass is 9.65. The van der Waals surface area contributed by atoms with Crippen molar-refractivity contribution in [3.63, 3.8) is 0 Å². The molecule has 3 aliphatic carbocycles. The summed E-state index contributed by atoms with van der Waals surface area (Å²) in [4.78, 5) is 5.79. The molecule has 0 aliphatic heterocycles. The Bertz CT molecular complexity index is 3270. The van der Waals surface area contributed by atoms with Gasteiger partial charge < -0.3 is 9.88 Å². The number of nitrogens with zero attached hydrogens (tertiary/aromatic N) is 2. The van der Waals surface area contributed by atoms with Gasteiger partial charge in [-0.25, -0.2) is 0 Å². The molecule has 302 valence electrons. The number of para-hydroxylation sites is 2. The second-order valence-electron chi connectivity index (χ2n) is 17.2. The zero-order chi connectivity index (χ0) is 41.9. The maximum absolute atomic E-state index is 5.79. The average Bonchev–Trinajstić information content (AvgIpc) is 3.93. The summed E-state index contributed by atoms with van der Waals surface area (Å²) in [6.45, 7) is 0.576. The van der Waals surface area contributed by atoms with Crippen molar-refractivity contribution in [2.24, 2.45) is 10.9 Å². The van der Waals surface area contributed by atoms with Crippen molar-refractivity contribution in [1.29, 1.82) is 0 Å². The molecular formula is C60H47N3. The Morgan fingerprint density at radius 3 is 1.92 bits per heavy atom. The second-order valence-corrected chi connectivity index (χ2v) is 17.2. The standard InChI is InChI=1S/C60H47N3/c1-61-58-51-28-8-6-21-43(41-34-36-44(37-35-41)63-55-32-15-11-26-48(55)49-27-12-16-33-56(49)63)38-54(51)60(52-30-13-9-24-46(52)47-25-10-14-31-53(47)60)57(58)59(62-39-40-18-3-2-4-19-40)50-29-17-22-42-20-5-7-23-45(42)50/h2-5,7,9-27,29-38,51,61H,6,8,28,39H2,1H3/b43-21+,54-38+,62-59-. The Hall–Kier alpha value is -7.49. The third-order valence-electron chi connectivity index (χ3n) is 14.0. The van der Waals surface area contributed by atoms with Gasteiger partial charge in [0.15, 0.2) is 0 Å². The van der Waals surface area contributed by atoms with Crippen molar-refractivity contribution in [2.75, 3.05) is 7.05 Å². The van der Waals surface area contributed by atoms with Gasteiger partial charge in [-0.2, -0.15) is 0 Å². The van der Waals surface area contributed by atoms with Crippen molar-refractivity contribution in [1.82, 2.24) is 9.88 Å². The summed E-state index contributed by atoms with van der Waals surface area (Å²) in [7, 11) is 2.14. The number of aromatic nitrogens is 1. The fourth-order valence-electron chi connectivity index (χ4n) is 11.4. The molecule has 1 aromatic heterocycles. The fraction of sp³-hybridized carbons (Fsp3) is 0.117. The highest BCUT2D eigenvalue weighted by Crippen LogP contribution is 2.64. The Morgan fingerprint density at radius 1 is 0.619 bits per heavy atom. The van der Waals surface area contributed by atoms with Gasteiger partial charge in [0.1, 0.15) is 0 Å². The van der Waals surface area contributed by atoms with Crippen molar-refractivity contribution >= 4 is 43.9 Å². The van der Waals surface area contributed by atoms with Gasteiger partial charge in [-0.3, -0.25) is 4.99 Å². The molecule has 1 heterocycles. The molecule has 0 saturated carbocycles. The summed E-state index contributed by atoms with van der Waals surface area (Å²) in [5.41, 5.74) is 18.2. The molecule has 1 N–H and O–H groups in total. The molecule has 12 rings (SSSR count). The molecule has 3 aliphatic rings. The Labute approximate surface area is 369 Å². The highest BCUT2D eigenvalue weighted by molar-refractivity contribution is 6.23. The van der Waals surface area contributed by atoms with Gasteiger partial charge in [0.05, 0.1) is 28.7 Å². The second kappa shape index (κ2) is 15.1. The first-order valence-electron chi connectivity index (χ1n) is 22.4. The highest BCUT2D eigenvalue weighted by Gasteiger charge is 2.57. The third kappa shape index (κ3) is 5.76. The minimum absolute atomic E-state index is 0.154. The van der Waals surface area contributed by atoms with Gasteiger partial charge in [-0.15, -0.1) is 0 Å². The molecule has 1 atom stereocenters. The summed E-state index contributed by atoms with van der Waals surface area (Å²) < 4.78 is 2.41. The van der Waals surface area contributed by atoms with E-state index in [-0.39, 0.29) is 5.92 Å². The van der Waals surface area contributed by atoms with E-state index in [1.54, 1.807) is 0 Å². The Balaban J connectivity index is 1.10. The van der Waals surface area contributed by atoms with Crippen molar-refractivity contribution < 1.29 is 0 Å². The zero-order valence-electron chi connectivity index (χ0n) is 35.4. The summed E-state index contributed by atoms with van der Waals surface area (Å²) >= 11 is 0. The summed E-state index contributed by atoms with van der Waals surface area (Å²) in [6, 6.07) is 71.4. The van der Waals surface area contributed by atoms with Crippen LogP contribution in [0.4, 0.5) is 0 Å². The molecule has 8 aromatic carbocycles. The molecule has 0 radical (unpaired) electrons. The lowest BCUT2D eigenvalue weighted by Gasteiger charge is -2.35. The molecule has 1 spiro atoms. The first-order valence-corrected chi connectivity index (χ1v) is 22.4. The van der Waals surface area contributed by atoms with E-state index in [0.29, 0.717) is 6.54 Å². The van der Waals surface area contributed by atoms with Crippen LogP contribution in [0.25, 0.3) is 55.0 Å². The lowest BCUT2D eigenvalue weighted by Crippen LogP contribution is -2.33. The first-order chi connectivity index (χ1) is 31.2. The molecule has 9 aromatic rings. The van der Waals surface area contributed by atoms with E-state index in [1.807, 2.05) is 0 Å². The number of aliphatic imine (C=N–C) groups is 1. The minimum atomic E-state index is -0.595. The molecular weight excluding hydrogens is 763 g/mol. The number of benzene rings is 8. The van der Waals surface area contributed by atoms with E-state index in [2.05, 4.69) is 223 Å². The van der Waals surface area contributed by atoms with Crippen LogP contribution in [0.1, 0.15) is 47.1 Å². The zero-order valence-corrected chi connectivity index (χ0v) is 35.4. The Kier molecular flexibility index (Phi) is 8.96. The normalized spacial score (nSPS) is 18.4. The van der Waals surface area contributed by atoms with Crippen LogP contribution in [0.15, 0.2) is 228 Å². The van der Waals surface area contributed by atoms with Crippen molar-refractivity contribution in [3.05, 3.63) is 251 Å². The predicted molar refractivity (Wildman–Crippen MR) is 264 cm³/mol. The average molecular weight is 810 g/mol. The van der Waals surface area contributed by atoms with Gasteiger partial charge in [-0.1, -0.05) is 182 Å². The number of fused-ring (bicyclic) bond motifs is 11. The minimum Gasteiger partial charge on any atom is -0.391 e. The van der Waals surface area contributed by atoms with Gasteiger partial charge >= 0.3 is 0 Å². The van der Waals surface area contributed by atoms with Gasteiger partial charge in [0.25, 0.3) is 0 Å². The van der Waals surface area contributed by atoms with Crippen molar-refractivity contribution in [2.45, 2.75) is 31.2 Å². The monoisotopic (exact) mass is 809 g/mol. The van der Waals surface area contributed by atoms with Crippen molar-refractivity contribution in [3.8, 4) is 16.8 Å². The van der Waals surface area contributed by atoms with E-state index in [1.165, 1.54) is 99.6 Å². The number of allylic oxidation sites excluding steroid dienone is 5. The summed E-state index contributed by atoms with van der Waals surface area (Å²) in [6.07, 6.45) is 8.20. The number of hydrogen-bond donors (Lipinski definition) is 1. The smallest absolute Gasteiger partial charge is 0.0722 e. The van der Waals surface area contributed by atoms with Gasteiger partial charge in [-0.05, 0) is 98.8 Å². The van der Waals surface area contributed by atoms with Gasteiger partial charge in [0.2, 0.25) is 0 Å². The van der Waals surface area contributed by atoms with E-state index < -0.39 is 5.41 Å². The molecule has 0 bridgehead atoms. The molecule has 0 amide bonds. The first kappa shape index (κ1) is 37.3. The van der Waals surface area contributed by atoms with Crippen LogP contribution in [0.5, 0.6) is 0 Å². The number of hydrogen-bond acceptors (Lipinski definition) is 2. The maximum Gasteiger partial charge on any atom is 0.0722 e. The lowest BCUT2D eigenvalue weighted by molar-refractivity contribution is 0.567. The van der Waals surface area contributed by atoms with E-state index in [4.69, 9.17) is 4.99 Å². The van der Waals surface area contributed by atoms with Crippen LogP contribution in [0, 0.1) is 5.92 Å². The molecule has 3 heteroatoms. The van der Waals surface area contributed by atoms with E-state index >= 15 is 0 Å². The topological polar surface area (TPSA) is 29.3 Å². The third-order valence-corrected chi connectivity index (χ3v) is 14.0. The van der Waals surface area contributed by atoms with Crippen LogP contribution in [0.2, 0.25) is 0 Å². The van der Waals surface area contributed by atoms with Crippen LogP contribution < -0.4 is 5.32 Å². The Morgan fingerprint density at radius 2 is 1.22 bits per heavy atom. The fourth-order valence-corrected chi connectivity index (χ4v) is 11.4. The van der Waals surface area contributed by atoms with E-state index in [9.17, 15) is 0 Å². The van der Waals surface area contributed by atoms with E-state index in [0.717, 1.165) is 25.0 Å². The molecule has 0 fully saturated rings. The molecule has 3 nitrogen and oxygen atoms in total. The van der Waals surface area contributed by atoms with Gasteiger partial charge in [0, 0.05) is 46.3 Å². The quantitative estimate of drug-likeness (QED) is 0.160. The van der Waals surface area contributed by atoms with Crippen LogP contribution in [-0.2, 0) is 12.0 Å². The number of rotatable bonds is 7. The highest BCUT2D eigenvalue weighted by atomic mass is 15.0. The molecule has 63 heavy (non-hydrogen) atoms. The molecule has 1 unspecified atom stereocenters. The summed E-state index contributed by atoms with van der Waals surface area (Å²) in [5, 5.41) is 8.90. The summed E-state index contributed by atoms with van der Waals surface area (Å²) in [5.74, 6) is 0.154. The maximum atomic E-state index is 5.79. The number of nitrogens with one attached hydrogen (secondary N) is 1. The van der Waals surface area contributed by atoms with Crippen LogP contribution in [0.3, 0.4) is 0 Å². The molecule has 0 saturated heterocycles. The largest absolute Gasteiger partial charge is 0.391 e. The van der Waals surface area contributed by atoms with Crippen LogP contribution in [-0.4, -0.2) is 17.3 Å². The van der Waals surface area contributed by atoms with Crippen LogP contribution >= 0.6 is 0 Å². The predicted octanol–water partition coefficient (Wildman–Crippen LogP) is 14.2.